The molecular formula is C29H30N6O6S2. The third-order valence-corrected chi connectivity index (χ3v) is 8.17. The van der Waals surface area contributed by atoms with E-state index in [2.05, 4.69) is 15.0 Å². The molecule has 224 valence electrons. The van der Waals surface area contributed by atoms with Gasteiger partial charge in [-0.1, -0.05) is 6.07 Å². The maximum absolute atomic E-state index is 11.9. The number of pyridine rings is 1. The van der Waals surface area contributed by atoms with Crippen LogP contribution in [0.2, 0.25) is 0 Å². The average Bonchev–Trinajstić information content (AvgIpc) is 3.47. The number of hydrogen-bond acceptors (Lipinski definition) is 8. The number of non-ortho nitro benzene ring substituents is 1. The van der Waals surface area contributed by atoms with Crippen molar-refractivity contribution in [3.05, 3.63) is 99.6 Å². The molecule has 0 aliphatic carbocycles. The second kappa shape index (κ2) is 11.5. The molecule has 0 amide bonds. The maximum atomic E-state index is 11.9. The molecule has 1 fully saturated rings. The summed E-state index contributed by atoms with van der Waals surface area (Å²) in [5.74, 6) is 0.799. The normalized spacial score (nSPS) is 16.6. The van der Waals surface area contributed by atoms with Crippen LogP contribution in [-0.4, -0.2) is 48.5 Å². The third-order valence-electron chi connectivity index (χ3n) is 7.26. The van der Waals surface area contributed by atoms with Gasteiger partial charge in [-0.3, -0.25) is 19.8 Å². The Morgan fingerprint density at radius 3 is 2.42 bits per heavy atom. The number of aryl methyl sites for hydroxylation is 1. The smallest absolute Gasteiger partial charge is 0.271 e. The van der Waals surface area contributed by atoms with E-state index in [1.165, 1.54) is 26.4 Å². The maximum Gasteiger partial charge on any atom is 0.271 e. The number of nitrogens with zero attached hydrogens (tertiary/aromatic N) is 4. The van der Waals surface area contributed by atoms with Crippen molar-refractivity contribution >= 4 is 44.4 Å². The van der Waals surface area contributed by atoms with Crippen molar-refractivity contribution < 1.29 is 22.8 Å². The van der Waals surface area contributed by atoms with Gasteiger partial charge in [-0.15, -0.1) is 0 Å². The zero-order valence-electron chi connectivity index (χ0n) is 24.1. The van der Waals surface area contributed by atoms with Gasteiger partial charge >= 0.3 is 0 Å². The number of aromatic nitrogens is 2. The van der Waals surface area contributed by atoms with Crippen molar-refractivity contribution in [1.82, 2.24) is 14.9 Å². The first-order chi connectivity index (χ1) is 20.4. The number of nitrogens with one attached hydrogen (secondary N) is 2. The summed E-state index contributed by atoms with van der Waals surface area (Å²) in [6.45, 7) is 3.86. The Balaban J connectivity index is 1.70. The van der Waals surface area contributed by atoms with Crippen molar-refractivity contribution in [1.29, 1.82) is 0 Å². The number of nitro groups is 1. The molecular weight excluding hydrogens is 592 g/mol. The number of hydrogen-bond donors (Lipinski definition) is 2. The molecule has 0 bridgehead atoms. The Morgan fingerprint density at radius 2 is 1.79 bits per heavy atom. The number of anilines is 2. The third kappa shape index (κ3) is 5.70. The molecule has 12 nitrogen and oxygen atoms in total. The van der Waals surface area contributed by atoms with E-state index in [4.69, 9.17) is 21.7 Å². The molecule has 0 unspecified atom stereocenters. The number of rotatable bonds is 9. The fourth-order valence-corrected chi connectivity index (χ4v) is 6.40. The molecule has 2 N–H and O–H groups in total. The first-order valence-corrected chi connectivity index (χ1v) is 15.4. The zero-order chi connectivity index (χ0) is 31.1. The van der Waals surface area contributed by atoms with Crippen LogP contribution in [0.3, 0.4) is 0 Å². The van der Waals surface area contributed by atoms with Gasteiger partial charge in [-0.2, -0.15) is 0 Å². The lowest BCUT2D eigenvalue weighted by atomic mass is 9.96. The standard InChI is InChI=1S/C29H30N6O6S2/c1-17-14-21(18(2)33(17)24-15-20(35(36)37)10-12-25(24)40-3)28-27(23-8-6-7-13-30-23)31-29(42)34(28)19-9-11-22(26(16-19)41-4)32-43(5,38)39/h6-16,27-28,32H,1-5H3,(H,31,42)/t27-,28-/m1/s1. The SMILES string of the molecule is COc1cc(N2C(=S)N[C@H](c3ccccn3)[C@H]2c2cc(C)n(-c3cc([N+](=O)[O-])ccc3OC)c2C)ccc1NS(C)(=O)=O. The van der Waals surface area contributed by atoms with Crippen LogP contribution in [0.4, 0.5) is 17.1 Å². The summed E-state index contributed by atoms with van der Waals surface area (Å²) in [4.78, 5) is 17.7. The number of nitro benzene ring substituents is 1. The van der Waals surface area contributed by atoms with Gasteiger partial charge in [0.25, 0.3) is 5.69 Å². The second-order valence-electron chi connectivity index (χ2n) is 10.0. The van der Waals surface area contributed by atoms with E-state index >= 15 is 0 Å². The Bertz CT molecular complexity index is 1830. The van der Waals surface area contributed by atoms with Gasteiger partial charge in [-0.05, 0) is 68.0 Å². The largest absolute Gasteiger partial charge is 0.495 e. The summed E-state index contributed by atoms with van der Waals surface area (Å²) in [6, 6.07) is 16.5. The van der Waals surface area contributed by atoms with E-state index in [1.54, 1.807) is 30.5 Å². The molecule has 14 heteroatoms. The quantitative estimate of drug-likeness (QED) is 0.149. The lowest BCUT2D eigenvalue weighted by molar-refractivity contribution is -0.384. The van der Waals surface area contributed by atoms with Crippen LogP contribution in [0.15, 0.2) is 66.9 Å². The minimum Gasteiger partial charge on any atom is -0.495 e. The molecule has 2 aromatic heterocycles. The molecule has 3 heterocycles. The topological polar surface area (TPSA) is 141 Å². The van der Waals surface area contributed by atoms with Gasteiger partial charge in [0.15, 0.2) is 5.11 Å². The van der Waals surface area contributed by atoms with E-state index < -0.39 is 21.0 Å². The molecule has 2 atom stereocenters. The van der Waals surface area contributed by atoms with Gasteiger partial charge in [0.2, 0.25) is 10.0 Å². The molecule has 2 aromatic carbocycles. The van der Waals surface area contributed by atoms with Crippen LogP contribution < -0.4 is 24.4 Å². The summed E-state index contributed by atoms with van der Waals surface area (Å²) in [6.07, 6.45) is 2.78. The molecule has 0 saturated carbocycles. The minimum atomic E-state index is -3.54. The summed E-state index contributed by atoms with van der Waals surface area (Å²) >= 11 is 5.87. The lowest BCUT2D eigenvalue weighted by Crippen LogP contribution is -2.29. The predicted octanol–water partition coefficient (Wildman–Crippen LogP) is 4.96. The van der Waals surface area contributed by atoms with Crippen LogP contribution in [0.25, 0.3) is 5.69 Å². The van der Waals surface area contributed by atoms with Crippen LogP contribution in [0.5, 0.6) is 11.5 Å². The van der Waals surface area contributed by atoms with E-state index in [-0.39, 0.29) is 11.7 Å². The number of ether oxygens (including phenoxy) is 2. The lowest BCUT2D eigenvalue weighted by Gasteiger charge is -2.29. The zero-order valence-corrected chi connectivity index (χ0v) is 25.7. The van der Waals surface area contributed by atoms with Crippen molar-refractivity contribution in [2.75, 3.05) is 30.1 Å². The summed E-state index contributed by atoms with van der Waals surface area (Å²) < 4.78 is 39.4. The summed E-state index contributed by atoms with van der Waals surface area (Å²) in [5.41, 5.74) is 4.73. The fraction of sp³-hybridized carbons (Fsp3) is 0.241. The van der Waals surface area contributed by atoms with Crippen LogP contribution in [0.1, 0.15) is 34.7 Å². The van der Waals surface area contributed by atoms with Crippen LogP contribution in [0, 0.1) is 24.0 Å². The molecule has 43 heavy (non-hydrogen) atoms. The number of benzene rings is 2. The van der Waals surface area contributed by atoms with Crippen molar-refractivity contribution in [2.24, 2.45) is 0 Å². The first kappa shape index (κ1) is 29.8. The molecule has 1 saturated heterocycles. The Hall–Kier alpha value is -4.69. The predicted molar refractivity (Wildman–Crippen MR) is 168 cm³/mol. The average molecular weight is 623 g/mol. The fourth-order valence-electron chi connectivity index (χ4n) is 5.49. The van der Waals surface area contributed by atoms with E-state index in [1.807, 2.05) is 47.6 Å². The van der Waals surface area contributed by atoms with Gasteiger partial charge in [0.1, 0.15) is 11.5 Å². The van der Waals surface area contributed by atoms with Crippen molar-refractivity contribution in [3.63, 3.8) is 0 Å². The molecule has 1 aliphatic heterocycles. The number of methoxy groups -OCH3 is 2. The first-order valence-electron chi connectivity index (χ1n) is 13.1. The van der Waals surface area contributed by atoms with Crippen LogP contribution >= 0.6 is 12.2 Å². The second-order valence-corrected chi connectivity index (χ2v) is 12.2. The van der Waals surface area contributed by atoms with Gasteiger partial charge < -0.3 is 24.3 Å². The van der Waals surface area contributed by atoms with Gasteiger partial charge in [0, 0.05) is 41.5 Å². The summed E-state index contributed by atoms with van der Waals surface area (Å²) in [5, 5.41) is 15.5. The molecule has 1 aliphatic rings. The Labute approximate surface area is 254 Å². The highest BCUT2D eigenvalue weighted by Crippen LogP contribution is 2.45. The number of thiocarbonyl (C=S) groups is 1. The van der Waals surface area contributed by atoms with Gasteiger partial charge in [-0.25, -0.2) is 8.42 Å². The highest BCUT2D eigenvalue weighted by atomic mass is 32.2. The Morgan fingerprint density at radius 1 is 1.05 bits per heavy atom. The summed E-state index contributed by atoms with van der Waals surface area (Å²) in [7, 11) is -0.563. The van der Waals surface area contributed by atoms with E-state index in [9.17, 15) is 18.5 Å². The van der Waals surface area contributed by atoms with Crippen LogP contribution in [-0.2, 0) is 10.0 Å². The molecule has 0 radical (unpaired) electrons. The monoisotopic (exact) mass is 622 g/mol. The number of sulfonamides is 1. The molecule has 5 rings (SSSR count). The van der Waals surface area contributed by atoms with Gasteiger partial charge in [0.05, 0.1) is 54.6 Å². The molecule has 4 aromatic rings. The highest BCUT2D eigenvalue weighted by Gasteiger charge is 2.42. The Kier molecular flexibility index (Phi) is 7.99. The molecule has 0 spiro atoms. The van der Waals surface area contributed by atoms with E-state index in [0.717, 1.165) is 28.9 Å². The minimum absolute atomic E-state index is 0.0589. The van der Waals surface area contributed by atoms with E-state index in [0.29, 0.717) is 33.7 Å². The van der Waals surface area contributed by atoms with Crippen molar-refractivity contribution in [3.8, 4) is 17.2 Å². The van der Waals surface area contributed by atoms with Crippen molar-refractivity contribution in [2.45, 2.75) is 25.9 Å². The highest BCUT2D eigenvalue weighted by molar-refractivity contribution is 7.92.